The van der Waals surface area contributed by atoms with Crippen LogP contribution in [0.15, 0.2) is 0 Å². The van der Waals surface area contributed by atoms with Gasteiger partial charge >= 0.3 is 12.0 Å². The summed E-state index contributed by atoms with van der Waals surface area (Å²) in [7, 11) is 0. The van der Waals surface area contributed by atoms with Crippen molar-refractivity contribution in [2.45, 2.75) is 13.8 Å². The van der Waals surface area contributed by atoms with Crippen LogP contribution in [0, 0.1) is 5.92 Å². The van der Waals surface area contributed by atoms with Crippen LogP contribution in [0.4, 0.5) is 4.79 Å². The molecule has 17 heavy (non-hydrogen) atoms. The molecule has 0 saturated heterocycles. The van der Waals surface area contributed by atoms with Gasteiger partial charge in [0.2, 0.25) is 5.91 Å². The Morgan fingerprint density at radius 3 is 2.41 bits per heavy atom. The van der Waals surface area contributed by atoms with Gasteiger partial charge in [0.25, 0.3) is 0 Å². The molecule has 8 nitrogen and oxygen atoms in total. The highest BCUT2D eigenvalue weighted by molar-refractivity contribution is 5.82. The van der Waals surface area contributed by atoms with Crippen molar-refractivity contribution in [3.05, 3.63) is 0 Å². The van der Waals surface area contributed by atoms with E-state index in [-0.39, 0.29) is 12.5 Å². The molecule has 0 aromatic heterocycles. The largest absolute Gasteiger partial charge is 0.479 e. The Morgan fingerprint density at radius 2 is 2.00 bits per heavy atom. The monoisotopic (exact) mass is 247 g/mol. The molecule has 0 spiro atoms. The van der Waals surface area contributed by atoms with Gasteiger partial charge in [-0.1, -0.05) is 13.8 Å². The molecule has 8 heteroatoms. The lowest BCUT2D eigenvalue weighted by Crippen LogP contribution is -2.46. The van der Waals surface area contributed by atoms with E-state index in [2.05, 4.69) is 4.84 Å². The molecule has 0 aromatic carbocycles. The molecule has 3 amide bonds. The number of carboxylic acids is 1. The molecule has 0 aliphatic rings. The summed E-state index contributed by atoms with van der Waals surface area (Å²) in [5, 5.41) is 8.29. The third-order valence-electron chi connectivity index (χ3n) is 1.57. The van der Waals surface area contributed by atoms with Gasteiger partial charge in [0.15, 0.2) is 6.61 Å². The highest BCUT2D eigenvalue weighted by atomic mass is 16.7. The van der Waals surface area contributed by atoms with E-state index in [0.717, 1.165) is 4.90 Å². The second-order valence-electron chi connectivity index (χ2n) is 3.83. The van der Waals surface area contributed by atoms with Gasteiger partial charge in [-0.15, -0.1) is 0 Å². The number of aliphatic carboxylic acids is 1. The Kier molecular flexibility index (Phi) is 6.64. The molecule has 0 fully saturated rings. The number of carbonyl (C=O) groups excluding carboxylic acids is 2. The minimum absolute atomic E-state index is 0.138. The average Bonchev–Trinajstić information content (AvgIpc) is 2.14. The fraction of sp³-hybridized carbons (Fsp3) is 0.667. The number of rotatable bonds is 7. The fourth-order valence-electron chi connectivity index (χ4n) is 1.07. The van der Waals surface area contributed by atoms with E-state index in [9.17, 15) is 14.4 Å². The number of urea groups is 1. The van der Waals surface area contributed by atoms with Gasteiger partial charge < -0.3 is 15.7 Å². The number of amides is 3. The summed E-state index contributed by atoms with van der Waals surface area (Å²) in [6.45, 7) is 3.13. The summed E-state index contributed by atoms with van der Waals surface area (Å²) in [4.78, 5) is 37.9. The van der Waals surface area contributed by atoms with E-state index in [1.54, 1.807) is 0 Å². The molecule has 0 radical (unpaired) electrons. The maximum atomic E-state index is 11.5. The van der Waals surface area contributed by atoms with Gasteiger partial charge in [0, 0.05) is 6.54 Å². The SMILES string of the molecule is CC(C)CN(CC(N)=O)C(=O)NOCC(=O)O. The minimum atomic E-state index is -1.21. The van der Waals surface area contributed by atoms with Gasteiger partial charge in [-0.3, -0.25) is 9.63 Å². The van der Waals surface area contributed by atoms with Crippen LogP contribution in [0.25, 0.3) is 0 Å². The van der Waals surface area contributed by atoms with E-state index in [1.807, 2.05) is 19.3 Å². The molecular weight excluding hydrogens is 230 g/mol. The maximum absolute atomic E-state index is 11.5. The van der Waals surface area contributed by atoms with Crippen molar-refractivity contribution in [2.75, 3.05) is 19.7 Å². The van der Waals surface area contributed by atoms with Crippen LogP contribution in [0.1, 0.15) is 13.8 Å². The van der Waals surface area contributed by atoms with E-state index in [0.29, 0.717) is 6.54 Å². The highest BCUT2D eigenvalue weighted by Crippen LogP contribution is 1.98. The molecule has 0 bridgehead atoms. The molecule has 0 aromatic rings. The third kappa shape index (κ3) is 8.03. The zero-order valence-corrected chi connectivity index (χ0v) is 9.80. The molecular formula is C9H17N3O5. The number of hydrogen-bond donors (Lipinski definition) is 3. The number of nitrogens with one attached hydrogen (secondary N) is 1. The van der Waals surface area contributed by atoms with Crippen LogP contribution in [-0.4, -0.2) is 47.6 Å². The van der Waals surface area contributed by atoms with Crippen LogP contribution in [0.2, 0.25) is 0 Å². The summed E-state index contributed by atoms with van der Waals surface area (Å²) in [5.74, 6) is -1.73. The number of hydroxylamine groups is 1. The smallest absolute Gasteiger partial charge is 0.341 e. The fourth-order valence-corrected chi connectivity index (χ4v) is 1.07. The summed E-state index contributed by atoms with van der Waals surface area (Å²) in [6.07, 6.45) is 0. The number of nitrogens with zero attached hydrogens (tertiary/aromatic N) is 1. The zero-order valence-electron chi connectivity index (χ0n) is 9.80. The van der Waals surface area contributed by atoms with E-state index in [1.165, 1.54) is 0 Å². The lowest BCUT2D eigenvalue weighted by atomic mass is 10.2. The van der Waals surface area contributed by atoms with Gasteiger partial charge in [-0.2, -0.15) is 0 Å². The third-order valence-corrected chi connectivity index (χ3v) is 1.57. The van der Waals surface area contributed by atoms with E-state index < -0.39 is 24.5 Å². The van der Waals surface area contributed by atoms with Gasteiger partial charge in [0.05, 0.1) is 0 Å². The van der Waals surface area contributed by atoms with Gasteiger partial charge in [-0.25, -0.2) is 15.1 Å². The van der Waals surface area contributed by atoms with Crippen molar-refractivity contribution < 1.29 is 24.3 Å². The lowest BCUT2D eigenvalue weighted by molar-refractivity contribution is -0.144. The van der Waals surface area contributed by atoms with Crippen LogP contribution in [0.3, 0.4) is 0 Å². The van der Waals surface area contributed by atoms with Crippen molar-refractivity contribution in [3.63, 3.8) is 0 Å². The van der Waals surface area contributed by atoms with E-state index >= 15 is 0 Å². The molecule has 0 rings (SSSR count). The predicted molar refractivity (Wildman–Crippen MR) is 57.7 cm³/mol. The predicted octanol–water partition coefficient (Wildman–Crippen LogP) is -0.844. The molecule has 0 aliphatic carbocycles. The van der Waals surface area contributed by atoms with E-state index in [4.69, 9.17) is 10.8 Å². The van der Waals surface area contributed by atoms with Crippen LogP contribution >= 0.6 is 0 Å². The molecule has 4 N–H and O–H groups in total. The van der Waals surface area contributed by atoms with Crippen LogP contribution in [0.5, 0.6) is 0 Å². The molecule has 98 valence electrons. The van der Waals surface area contributed by atoms with Crippen molar-refractivity contribution in [3.8, 4) is 0 Å². The standard InChI is InChI=1S/C9H17N3O5/c1-6(2)3-12(4-7(10)13)9(16)11-17-5-8(14)15/h6H,3-5H2,1-2H3,(H2,10,13)(H,11,16)(H,14,15). The summed E-state index contributed by atoms with van der Waals surface area (Å²) in [5.41, 5.74) is 6.91. The average molecular weight is 247 g/mol. The first-order chi connectivity index (χ1) is 7.82. The Balaban J connectivity index is 4.21. The minimum Gasteiger partial charge on any atom is -0.479 e. The van der Waals surface area contributed by atoms with Crippen LogP contribution < -0.4 is 11.2 Å². The maximum Gasteiger partial charge on any atom is 0.341 e. The van der Waals surface area contributed by atoms with Crippen molar-refractivity contribution in [1.82, 2.24) is 10.4 Å². The summed E-state index contributed by atoms with van der Waals surface area (Å²) >= 11 is 0. The molecule has 0 aliphatic heterocycles. The second kappa shape index (κ2) is 7.44. The molecule has 0 saturated carbocycles. The summed E-state index contributed by atoms with van der Waals surface area (Å²) in [6, 6.07) is -0.696. The first kappa shape index (κ1) is 15.2. The molecule has 0 unspecified atom stereocenters. The molecule has 0 heterocycles. The Hall–Kier alpha value is -1.83. The van der Waals surface area contributed by atoms with Crippen molar-refractivity contribution in [1.29, 1.82) is 0 Å². The van der Waals surface area contributed by atoms with Gasteiger partial charge in [-0.05, 0) is 5.92 Å². The number of carboxylic acid groups (broad SMARTS) is 1. The number of nitrogens with two attached hydrogens (primary N) is 1. The lowest BCUT2D eigenvalue weighted by Gasteiger charge is -2.22. The first-order valence-electron chi connectivity index (χ1n) is 4.99. The normalized spacial score (nSPS) is 10.1. The van der Waals surface area contributed by atoms with Gasteiger partial charge in [0.1, 0.15) is 6.54 Å². The Labute approximate surface area is 98.7 Å². The Bertz CT molecular complexity index is 292. The van der Waals surface area contributed by atoms with Crippen LogP contribution in [-0.2, 0) is 14.4 Å². The first-order valence-corrected chi connectivity index (χ1v) is 4.99. The quantitative estimate of drug-likeness (QED) is 0.506. The topological polar surface area (TPSA) is 122 Å². The summed E-state index contributed by atoms with van der Waals surface area (Å²) < 4.78 is 0. The molecule has 0 atom stereocenters. The number of carbonyl (C=O) groups is 3. The zero-order chi connectivity index (χ0) is 13.4. The second-order valence-corrected chi connectivity index (χ2v) is 3.83. The van der Waals surface area contributed by atoms with Crippen molar-refractivity contribution >= 4 is 17.9 Å². The Morgan fingerprint density at radius 1 is 1.41 bits per heavy atom. The van der Waals surface area contributed by atoms with Crippen molar-refractivity contribution in [2.24, 2.45) is 11.7 Å². The number of primary amides is 1. The number of hydrogen-bond acceptors (Lipinski definition) is 4. The highest BCUT2D eigenvalue weighted by Gasteiger charge is 2.17.